The van der Waals surface area contributed by atoms with Crippen LogP contribution in [0.5, 0.6) is 5.75 Å². The van der Waals surface area contributed by atoms with Crippen LogP contribution in [0.4, 0.5) is 5.69 Å². The summed E-state index contributed by atoms with van der Waals surface area (Å²) in [6.07, 6.45) is 6.40. The van der Waals surface area contributed by atoms with E-state index in [-0.39, 0.29) is 0 Å². The molecule has 2 fully saturated rings. The Morgan fingerprint density at radius 3 is 3.00 bits per heavy atom. The van der Waals surface area contributed by atoms with E-state index in [2.05, 4.69) is 42.3 Å². The Morgan fingerprint density at radius 2 is 2.14 bits per heavy atom. The zero-order valence-electron chi connectivity index (χ0n) is 13.4. The van der Waals surface area contributed by atoms with Gasteiger partial charge in [0.25, 0.3) is 0 Å². The zero-order valence-corrected chi connectivity index (χ0v) is 13.4. The van der Waals surface area contributed by atoms with Crippen LogP contribution in [-0.2, 0) is 0 Å². The van der Waals surface area contributed by atoms with E-state index in [1.165, 1.54) is 50.0 Å². The first-order chi connectivity index (χ1) is 10.3. The summed E-state index contributed by atoms with van der Waals surface area (Å²) in [4.78, 5) is 2.67. The molecule has 3 heteroatoms. The minimum atomic E-state index is 0.581. The Morgan fingerprint density at radius 1 is 1.24 bits per heavy atom. The van der Waals surface area contributed by atoms with Crippen LogP contribution >= 0.6 is 0 Å². The molecule has 1 aromatic carbocycles. The summed E-state index contributed by atoms with van der Waals surface area (Å²) >= 11 is 0. The molecule has 0 spiro atoms. The minimum absolute atomic E-state index is 0.581. The Labute approximate surface area is 128 Å². The molecule has 0 amide bonds. The fraction of sp³-hybridized carbons (Fsp3) is 0.667. The van der Waals surface area contributed by atoms with Gasteiger partial charge in [-0.2, -0.15) is 0 Å². The lowest BCUT2D eigenvalue weighted by Gasteiger charge is -2.33. The highest BCUT2D eigenvalue weighted by Crippen LogP contribution is 2.33. The molecule has 0 saturated carbocycles. The molecule has 2 unspecified atom stereocenters. The number of nitrogens with one attached hydrogen (secondary N) is 1. The third-order valence-electron chi connectivity index (χ3n) is 4.80. The van der Waals surface area contributed by atoms with E-state index < -0.39 is 0 Å². The number of hydrogen-bond donors (Lipinski definition) is 1. The second-order valence-corrected chi connectivity index (χ2v) is 6.49. The smallest absolute Gasteiger partial charge is 0.142 e. The van der Waals surface area contributed by atoms with Crippen molar-refractivity contribution in [2.24, 2.45) is 0 Å². The molecule has 1 N–H and O–H groups in total. The van der Waals surface area contributed by atoms with Gasteiger partial charge in [-0.3, -0.25) is 4.90 Å². The van der Waals surface area contributed by atoms with Crippen molar-refractivity contribution in [1.82, 2.24) is 4.90 Å². The van der Waals surface area contributed by atoms with E-state index in [9.17, 15) is 0 Å². The van der Waals surface area contributed by atoms with Crippen LogP contribution < -0.4 is 10.1 Å². The molecule has 3 rings (SSSR count). The van der Waals surface area contributed by atoms with Crippen molar-refractivity contribution in [3.05, 3.63) is 23.8 Å². The van der Waals surface area contributed by atoms with Crippen LogP contribution in [0.15, 0.2) is 18.2 Å². The SMILES string of the molecule is CCCOc1cc(C)ccc1NC1CCN2CCCCC12. The summed E-state index contributed by atoms with van der Waals surface area (Å²) in [5.74, 6) is 1.02. The number of piperidine rings is 1. The third-order valence-corrected chi connectivity index (χ3v) is 4.80. The minimum Gasteiger partial charge on any atom is -0.491 e. The molecule has 2 saturated heterocycles. The summed E-state index contributed by atoms with van der Waals surface area (Å²) < 4.78 is 5.94. The first-order valence-corrected chi connectivity index (χ1v) is 8.52. The van der Waals surface area contributed by atoms with E-state index in [1.54, 1.807) is 0 Å². The van der Waals surface area contributed by atoms with Crippen LogP contribution in [0, 0.1) is 6.92 Å². The predicted molar refractivity (Wildman–Crippen MR) is 88.2 cm³/mol. The van der Waals surface area contributed by atoms with Gasteiger partial charge in [-0.05, 0) is 56.8 Å². The maximum absolute atomic E-state index is 5.94. The highest BCUT2D eigenvalue weighted by Gasteiger charge is 2.35. The summed E-state index contributed by atoms with van der Waals surface area (Å²) in [6.45, 7) is 7.61. The third kappa shape index (κ3) is 3.34. The molecule has 0 aromatic heterocycles. The van der Waals surface area contributed by atoms with Crippen molar-refractivity contribution in [3.63, 3.8) is 0 Å². The van der Waals surface area contributed by atoms with Gasteiger partial charge in [-0.25, -0.2) is 0 Å². The van der Waals surface area contributed by atoms with Gasteiger partial charge in [0.2, 0.25) is 0 Å². The Hall–Kier alpha value is -1.22. The number of nitrogens with zero attached hydrogens (tertiary/aromatic N) is 1. The number of hydrogen-bond acceptors (Lipinski definition) is 3. The number of benzene rings is 1. The quantitative estimate of drug-likeness (QED) is 0.891. The topological polar surface area (TPSA) is 24.5 Å². The largest absolute Gasteiger partial charge is 0.491 e. The predicted octanol–water partition coefficient (Wildman–Crippen LogP) is 3.82. The fourth-order valence-electron chi connectivity index (χ4n) is 3.70. The van der Waals surface area contributed by atoms with Crippen molar-refractivity contribution in [2.45, 2.75) is 58.0 Å². The highest BCUT2D eigenvalue weighted by atomic mass is 16.5. The Balaban J connectivity index is 1.72. The van der Waals surface area contributed by atoms with Gasteiger partial charge in [0.05, 0.1) is 12.3 Å². The summed E-state index contributed by atoms with van der Waals surface area (Å²) in [5, 5.41) is 3.78. The monoisotopic (exact) mass is 288 g/mol. The number of fused-ring (bicyclic) bond motifs is 1. The molecule has 0 aliphatic carbocycles. The summed E-state index contributed by atoms with van der Waals surface area (Å²) in [7, 11) is 0. The van der Waals surface area contributed by atoms with Crippen molar-refractivity contribution in [3.8, 4) is 5.75 Å². The van der Waals surface area contributed by atoms with Crippen LogP contribution in [-0.4, -0.2) is 36.7 Å². The molecule has 116 valence electrons. The lowest BCUT2D eigenvalue weighted by molar-refractivity contribution is 0.192. The maximum Gasteiger partial charge on any atom is 0.142 e. The van der Waals surface area contributed by atoms with Gasteiger partial charge < -0.3 is 10.1 Å². The standard InChI is InChI=1S/C18H28N2O/c1-3-12-21-18-13-14(2)7-8-16(18)19-15-9-11-20-10-5-4-6-17(15)20/h7-8,13,15,17,19H,3-6,9-12H2,1-2H3. The van der Waals surface area contributed by atoms with Gasteiger partial charge in [0, 0.05) is 18.6 Å². The van der Waals surface area contributed by atoms with Crippen molar-refractivity contribution in [1.29, 1.82) is 0 Å². The first-order valence-electron chi connectivity index (χ1n) is 8.52. The molecule has 0 radical (unpaired) electrons. The lowest BCUT2D eigenvalue weighted by Crippen LogP contribution is -2.41. The molecule has 2 aliphatic heterocycles. The molecular formula is C18H28N2O. The summed E-state index contributed by atoms with van der Waals surface area (Å²) in [5.41, 5.74) is 2.43. The molecule has 21 heavy (non-hydrogen) atoms. The van der Waals surface area contributed by atoms with E-state index >= 15 is 0 Å². The summed E-state index contributed by atoms with van der Waals surface area (Å²) in [6, 6.07) is 7.82. The van der Waals surface area contributed by atoms with Crippen LogP contribution in [0.3, 0.4) is 0 Å². The maximum atomic E-state index is 5.94. The number of ether oxygens (including phenoxy) is 1. The molecule has 2 aliphatic rings. The Bertz CT molecular complexity index is 474. The fourth-order valence-corrected chi connectivity index (χ4v) is 3.70. The number of anilines is 1. The van der Waals surface area contributed by atoms with Gasteiger partial charge in [0.15, 0.2) is 0 Å². The van der Waals surface area contributed by atoms with E-state index in [4.69, 9.17) is 4.74 Å². The van der Waals surface area contributed by atoms with Crippen LogP contribution in [0.2, 0.25) is 0 Å². The number of aryl methyl sites for hydroxylation is 1. The van der Waals surface area contributed by atoms with Crippen LogP contribution in [0.1, 0.15) is 44.6 Å². The van der Waals surface area contributed by atoms with Gasteiger partial charge >= 0.3 is 0 Å². The van der Waals surface area contributed by atoms with Crippen molar-refractivity contribution in [2.75, 3.05) is 25.0 Å². The van der Waals surface area contributed by atoms with E-state index in [0.717, 1.165) is 24.8 Å². The van der Waals surface area contributed by atoms with Crippen LogP contribution in [0.25, 0.3) is 0 Å². The van der Waals surface area contributed by atoms with Crippen molar-refractivity contribution < 1.29 is 4.74 Å². The average Bonchev–Trinajstić information content (AvgIpc) is 2.91. The van der Waals surface area contributed by atoms with Gasteiger partial charge in [0.1, 0.15) is 5.75 Å². The van der Waals surface area contributed by atoms with Gasteiger partial charge in [-0.1, -0.05) is 19.4 Å². The zero-order chi connectivity index (χ0) is 14.7. The molecule has 2 heterocycles. The molecule has 0 bridgehead atoms. The second-order valence-electron chi connectivity index (χ2n) is 6.49. The molecule has 3 nitrogen and oxygen atoms in total. The highest BCUT2D eigenvalue weighted by molar-refractivity contribution is 5.58. The lowest BCUT2D eigenvalue weighted by atomic mass is 9.98. The molecule has 1 aromatic rings. The van der Waals surface area contributed by atoms with E-state index in [0.29, 0.717) is 6.04 Å². The normalized spacial score (nSPS) is 25.6. The average molecular weight is 288 g/mol. The van der Waals surface area contributed by atoms with Gasteiger partial charge in [-0.15, -0.1) is 0 Å². The number of rotatable bonds is 5. The molecular weight excluding hydrogens is 260 g/mol. The Kier molecular flexibility index (Phi) is 4.69. The van der Waals surface area contributed by atoms with E-state index in [1.807, 2.05) is 0 Å². The van der Waals surface area contributed by atoms with Crippen molar-refractivity contribution >= 4 is 5.69 Å². The first kappa shape index (κ1) is 14.7. The second kappa shape index (κ2) is 6.69. The molecule has 2 atom stereocenters.